The van der Waals surface area contributed by atoms with Gasteiger partial charge in [0.15, 0.2) is 0 Å². The largest absolute Gasteiger partial charge is 0.300 e. The monoisotopic (exact) mass is 789 g/mol. The fourth-order valence-electron chi connectivity index (χ4n) is 8.01. The van der Waals surface area contributed by atoms with Crippen molar-refractivity contribution in [2.45, 2.75) is 303 Å². The lowest BCUT2D eigenvalue weighted by molar-refractivity contribution is 0.225. The van der Waals surface area contributed by atoms with Crippen molar-refractivity contribution in [1.82, 2.24) is 9.80 Å². The van der Waals surface area contributed by atoms with Gasteiger partial charge in [0.2, 0.25) is 0 Å². The molecule has 4 heteroatoms. The first-order valence-electron chi connectivity index (χ1n) is 25.4. The summed E-state index contributed by atoms with van der Waals surface area (Å²) in [5.74, 6) is 0. The van der Waals surface area contributed by atoms with Gasteiger partial charge < -0.3 is 9.80 Å². The number of nitrogens with zero attached hydrogens (tertiary/aromatic N) is 2. The molecule has 4 aliphatic rings. The molecule has 0 atom stereocenters. The van der Waals surface area contributed by atoms with Crippen LogP contribution in [0.3, 0.4) is 0 Å². The van der Waals surface area contributed by atoms with Crippen molar-refractivity contribution in [2.75, 3.05) is 26.2 Å². The molecule has 0 aromatic carbocycles. The average molecular weight is 789 g/mol. The van der Waals surface area contributed by atoms with Crippen LogP contribution in [0.1, 0.15) is 291 Å². The molecule has 4 rings (SSSR count). The van der Waals surface area contributed by atoms with Crippen LogP contribution in [0.25, 0.3) is 0 Å². The zero-order chi connectivity index (χ0) is 41.9. The van der Waals surface area contributed by atoms with Gasteiger partial charge in [-0.3, -0.25) is 0 Å². The number of hydrogen-bond donors (Lipinski definition) is 0. The van der Waals surface area contributed by atoms with E-state index in [4.69, 9.17) is 0 Å². The van der Waals surface area contributed by atoms with Crippen molar-refractivity contribution >= 4 is 16.8 Å². The molecule has 0 aromatic heterocycles. The van der Waals surface area contributed by atoms with E-state index in [9.17, 15) is 0 Å². The highest BCUT2D eigenvalue weighted by Gasteiger charge is 2.41. The van der Waals surface area contributed by atoms with Gasteiger partial charge in [0, 0.05) is 42.0 Å². The SMILES string of the molecule is CC(C)N1CCC2(CCCC2)C1.CC(C)N1CCC2(CCCC2)C1.CCCCC.CCCCC.CCCCC.CCCCC.CCCCC.CCCCC.[B].[B]. The molecule has 2 aliphatic heterocycles. The van der Waals surface area contributed by atoms with E-state index in [1.54, 1.807) is 0 Å². The third-order valence-electron chi connectivity index (χ3n) is 12.0. The first kappa shape index (κ1) is 67.8. The Morgan fingerprint density at radius 3 is 0.607 bits per heavy atom. The van der Waals surface area contributed by atoms with E-state index in [2.05, 4.69) is 121 Å². The molecule has 0 bridgehead atoms. The quantitative estimate of drug-likeness (QED) is 0.162. The van der Waals surface area contributed by atoms with Crippen molar-refractivity contribution in [3.05, 3.63) is 0 Å². The molecule has 2 saturated carbocycles. The van der Waals surface area contributed by atoms with Crippen molar-refractivity contribution in [3.63, 3.8) is 0 Å². The highest BCUT2D eigenvalue weighted by molar-refractivity contribution is 5.76. The van der Waals surface area contributed by atoms with Crippen LogP contribution in [0.15, 0.2) is 0 Å². The fourth-order valence-corrected chi connectivity index (χ4v) is 8.01. The van der Waals surface area contributed by atoms with Gasteiger partial charge in [-0.05, 0) is 90.1 Å². The van der Waals surface area contributed by atoms with Gasteiger partial charge in [0.25, 0.3) is 0 Å². The molecule has 2 heterocycles. The molecular formula is C52H114B2N2. The minimum atomic E-state index is 0. The van der Waals surface area contributed by atoms with E-state index in [-0.39, 0.29) is 16.8 Å². The highest BCUT2D eigenvalue weighted by Crippen LogP contribution is 2.46. The standard InChI is InChI=1S/2C11H21N.6C5H12.2B/c2*1-10(2)12-8-7-11(9-12)5-3-4-6-11;6*1-3-5-4-2;;/h2*10H,3-9H2,1-2H3;6*3-5H2,1-2H3;;. The summed E-state index contributed by atoms with van der Waals surface area (Å²) in [6.07, 6.45) is 39.4. The lowest BCUT2D eigenvalue weighted by Crippen LogP contribution is -2.30. The summed E-state index contributed by atoms with van der Waals surface area (Å²) in [5.41, 5.74) is 1.54. The normalized spacial score (nSPS) is 17.0. The molecule has 338 valence electrons. The molecule has 0 N–H and O–H groups in total. The van der Waals surface area contributed by atoms with Crippen molar-refractivity contribution in [2.24, 2.45) is 10.8 Å². The summed E-state index contributed by atoms with van der Waals surface area (Å²) in [6.45, 7) is 41.4. The summed E-state index contributed by atoms with van der Waals surface area (Å²) >= 11 is 0. The van der Waals surface area contributed by atoms with Crippen LogP contribution in [0.4, 0.5) is 0 Å². The van der Waals surface area contributed by atoms with Crippen LogP contribution in [-0.4, -0.2) is 64.9 Å². The lowest BCUT2D eigenvalue weighted by Gasteiger charge is -2.25. The van der Waals surface area contributed by atoms with Gasteiger partial charge in [-0.25, -0.2) is 0 Å². The second-order valence-electron chi connectivity index (χ2n) is 18.2. The summed E-state index contributed by atoms with van der Waals surface area (Å²) < 4.78 is 0. The van der Waals surface area contributed by atoms with Crippen LogP contribution in [-0.2, 0) is 0 Å². The molecule has 2 nitrogen and oxygen atoms in total. The zero-order valence-electron chi connectivity index (χ0n) is 42.8. The molecular weight excluding hydrogens is 674 g/mol. The van der Waals surface area contributed by atoms with Crippen molar-refractivity contribution in [1.29, 1.82) is 0 Å². The van der Waals surface area contributed by atoms with Gasteiger partial charge in [0.1, 0.15) is 0 Å². The molecule has 56 heavy (non-hydrogen) atoms. The number of unbranched alkanes of at least 4 members (excludes halogenated alkanes) is 12. The van der Waals surface area contributed by atoms with E-state index in [0.29, 0.717) is 0 Å². The Balaban J connectivity index is -0.000000133. The summed E-state index contributed by atoms with van der Waals surface area (Å²) in [5, 5.41) is 0. The van der Waals surface area contributed by atoms with E-state index >= 15 is 0 Å². The second-order valence-corrected chi connectivity index (χ2v) is 18.2. The topological polar surface area (TPSA) is 6.48 Å². The number of rotatable bonds is 14. The van der Waals surface area contributed by atoms with Gasteiger partial charge >= 0.3 is 0 Å². The Bertz CT molecular complexity index is 559. The van der Waals surface area contributed by atoms with Crippen LogP contribution < -0.4 is 0 Å². The summed E-state index contributed by atoms with van der Waals surface area (Å²) in [4.78, 5) is 5.32. The van der Waals surface area contributed by atoms with Crippen LogP contribution >= 0.6 is 0 Å². The van der Waals surface area contributed by atoms with E-state index in [1.807, 2.05) is 0 Å². The van der Waals surface area contributed by atoms with Crippen molar-refractivity contribution < 1.29 is 0 Å². The van der Waals surface area contributed by atoms with Gasteiger partial charge in [0.05, 0.1) is 0 Å². The molecule has 2 spiro atoms. The van der Waals surface area contributed by atoms with Crippen LogP contribution in [0.5, 0.6) is 0 Å². The maximum atomic E-state index is 2.66. The Morgan fingerprint density at radius 2 is 0.500 bits per heavy atom. The van der Waals surface area contributed by atoms with E-state index < -0.39 is 0 Å². The first-order chi connectivity index (χ1) is 25.9. The van der Waals surface area contributed by atoms with Gasteiger partial charge in [-0.1, -0.05) is 224 Å². The smallest absolute Gasteiger partial charge is 0.00412 e. The zero-order valence-corrected chi connectivity index (χ0v) is 42.8. The molecule has 2 saturated heterocycles. The molecule has 4 fully saturated rings. The third kappa shape index (κ3) is 42.2. The van der Waals surface area contributed by atoms with Gasteiger partial charge in [-0.2, -0.15) is 0 Å². The maximum Gasteiger partial charge on any atom is 0.00412 e. The minimum absolute atomic E-state index is 0. The van der Waals surface area contributed by atoms with Gasteiger partial charge in [-0.15, -0.1) is 0 Å². The average Bonchev–Trinajstić information content (AvgIpc) is 4.00. The predicted molar refractivity (Wildman–Crippen MR) is 267 cm³/mol. The van der Waals surface area contributed by atoms with E-state index in [0.717, 1.165) is 22.9 Å². The highest BCUT2D eigenvalue weighted by atomic mass is 15.2. The summed E-state index contributed by atoms with van der Waals surface area (Å²) in [6, 6.07) is 1.54. The fraction of sp³-hybridized carbons (Fsp3) is 1.00. The Morgan fingerprint density at radius 1 is 0.321 bits per heavy atom. The van der Waals surface area contributed by atoms with Crippen molar-refractivity contribution in [3.8, 4) is 0 Å². The van der Waals surface area contributed by atoms with Crippen LogP contribution in [0, 0.1) is 10.8 Å². The second kappa shape index (κ2) is 51.2. The molecule has 2 aliphatic carbocycles. The minimum Gasteiger partial charge on any atom is -0.300 e. The molecule has 6 radical (unpaired) electrons. The van der Waals surface area contributed by atoms with Crippen LogP contribution in [0.2, 0.25) is 0 Å². The first-order valence-corrected chi connectivity index (χ1v) is 25.4. The summed E-state index contributed by atoms with van der Waals surface area (Å²) in [7, 11) is 0. The molecule has 0 unspecified atom stereocenters. The lowest BCUT2D eigenvalue weighted by atomic mass is 9.86. The maximum absolute atomic E-state index is 2.66. The predicted octanol–water partition coefficient (Wildman–Crippen LogP) is 17.7. The Labute approximate surface area is 365 Å². The molecule has 0 amide bonds. The molecule has 0 aromatic rings. The number of likely N-dealkylation sites (tertiary alicyclic amines) is 2. The van der Waals surface area contributed by atoms with E-state index in [1.165, 1.54) is 206 Å². The number of hydrogen-bond acceptors (Lipinski definition) is 2. The Hall–Kier alpha value is 0.0499. The third-order valence-corrected chi connectivity index (χ3v) is 12.0. The Kier molecular flexibility index (Phi) is 62.0.